The molecule has 0 radical (unpaired) electrons. The van der Waals surface area contributed by atoms with Crippen molar-refractivity contribution in [2.45, 2.75) is 25.4 Å². The fourth-order valence-corrected chi connectivity index (χ4v) is 3.31. The van der Waals surface area contributed by atoms with Crippen LogP contribution in [0, 0.1) is 0 Å². The maximum absolute atomic E-state index is 9.31. The van der Waals surface area contributed by atoms with Gasteiger partial charge in [0.15, 0.2) is 0 Å². The van der Waals surface area contributed by atoms with Crippen molar-refractivity contribution in [3.05, 3.63) is 54.0 Å². The Balaban J connectivity index is 1.58. The van der Waals surface area contributed by atoms with Crippen molar-refractivity contribution >= 4 is 16.9 Å². The highest BCUT2D eigenvalue weighted by atomic mass is 16.3. The summed E-state index contributed by atoms with van der Waals surface area (Å²) in [4.78, 5) is 15.0. The summed E-state index contributed by atoms with van der Waals surface area (Å²) in [6.45, 7) is 1.96. The molecule has 2 N–H and O–H groups in total. The number of fused-ring (bicyclic) bond motifs is 1. The SMILES string of the molecule is OCc1ccnc(N2CCCC(c3nc4ccccc4[nH]3)C2)c1. The molecule has 5 heteroatoms. The van der Waals surface area contributed by atoms with Crippen molar-refractivity contribution in [2.24, 2.45) is 0 Å². The smallest absolute Gasteiger partial charge is 0.128 e. The Labute approximate surface area is 135 Å². The van der Waals surface area contributed by atoms with E-state index in [1.165, 1.54) is 0 Å². The molecule has 3 aromatic rings. The summed E-state index contributed by atoms with van der Waals surface area (Å²) in [5.41, 5.74) is 3.03. The Morgan fingerprint density at radius 3 is 3.04 bits per heavy atom. The number of aliphatic hydroxyl groups excluding tert-OH is 1. The van der Waals surface area contributed by atoms with E-state index in [1.807, 2.05) is 30.3 Å². The molecule has 23 heavy (non-hydrogen) atoms. The third-order valence-electron chi connectivity index (χ3n) is 4.53. The lowest BCUT2D eigenvalue weighted by Crippen LogP contribution is -2.35. The lowest BCUT2D eigenvalue weighted by molar-refractivity contribution is 0.281. The summed E-state index contributed by atoms with van der Waals surface area (Å²) < 4.78 is 0. The summed E-state index contributed by atoms with van der Waals surface area (Å²) in [7, 11) is 0. The number of pyridine rings is 1. The number of hydrogen-bond donors (Lipinski definition) is 2. The Morgan fingerprint density at radius 1 is 1.26 bits per heavy atom. The Hall–Kier alpha value is -2.40. The molecule has 0 aliphatic carbocycles. The van der Waals surface area contributed by atoms with Gasteiger partial charge >= 0.3 is 0 Å². The van der Waals surface area contributed by atoms with Gasteiger partial charge in [0.2, 0.25) is 0 Å². The number of aliphatic hydroxyl groups is 1. The van der Waals surface area contributed by atoms with Crippen molar-refractivity contribution in [1.82, 2.24) is 15.0 Å². The lowest BCUT2D eigenvalue weighted by Gasteiger charge is -2.32. The number of piperidine rings is 1. The van der Waals surface area contributed by atoms with E-state index in [1.54, 1.807) is 6.20 Å². The number of hydrogen-bond acceptors (Lipinski definition) is 4. The van der Waals surface area contributed by atoms with Gasteiger partial charge in [-0.2, -0.15) is 0 Å². The summed E-state index contributed by atoms with van der Waals surface area (Å²) in [5.74, 6) is 2.39. The zero-order chi connectivity index (χ0) is 15.6. The summed E-state index contributed by atoms with van der Waals surface area (Å²) in [6.07, 6.45) is 4.02. The number of nitrogens with zero attached hydrogens (tertiary/aromatic N) is 3. The topological polar surface area (TPSA) is 65.0 Å². The maximum atomic E-state index is 9.31. The van der Waals surface area contributed by atoms with E-state index in [-0.39, 0.29) is 6.61 Å². The van der Waals surface area contributed by atoms with Crippen molar-refractivity contribution in [1.29, 1.82) is 0 Å². The zero-order valence-electron chi connectivity index (χ0n) is 12.9. The van der Waals surface area contributed by atoms with Crippen LogP contribution in [-0.2, 0) is 6.61 Å². The standard InChI is InChI=1S/C18H20N4O/c23-12-13-7-8-19-17(10-13)22-9-3-4-14(11-22)18-20-15-5-1-2-6-16(15)21-18/h1-2,5-8,10,14,23H,3-4,9,11-12H2,(H,20,21). The largest absolute Gasteiger partial charge is 0.392 e. The van der Waals surface area contributed by atoms with Crippen LogP contribution in [0.25, 0.3) is 11.0 Å². The van der Waals surface area contributed by atoms with Gasteiger partial charge in [0.05, 0.1) is 17.6 Å². The number of nitrogens with one attached hydrogen (secondary N) is 1. The van der Waals surface area contributed by atoms with E-state index in [0.717, 1.165) is 54.2 Å². The molecule has 1 unspecified atom stereocenters. The van der Waals surface area contributed by atoms with E-state index in [2.05, 4.69) is 20.9 Å². The molecule has 1 aromatic carbocycles. The summed E-state index contributed by atoms with van der Waals surface area (Å²) in [6, 6.07) is 12.0. The molecule has 1 atom stereocenters. The van der Waals surface area contributed by atoms with Crippen LogP contribution in [0.4, 0.5) is 5.82 Å². The molecule has 2 aromatic heterocycles. The minimum Gasteiger partial charge on any atom is -0.392 e. The van der Waals surface area contributed by atoms with Crippen LogP contribution in [-0.4, -0.2) is 33.1 Å². The molecule has 3 heterocycles. The van der Waals surface area contributed by atoms with Crippen LogP contribution in [0.5, 0.6) is 0 Å². The Kier molecular flexibility index (Phi) is 3.71. The van der Waals surface area contributed by atoms with Gasteiger partial charge in [-0.25, -0.2) is 9.97 Å². The molecule has 0 amide bonds. The number of H-pyrrole nitrogens is 1. The molecule has 5 nitrogen and oxygen atoms in total. The van der Waals surface area contributed by atoms with Crippen molar-refractivity contribution in [2.75, 3.05) is 18.0 Å². The molecular formula is C18H20N4O. The van der Waals surface area contributed by atoms with Gasteiger partial charge < -0.3 is 15.0 Å². The molecule has 1 aliphatic heterocycles. The van der Waals surface area contributed by atoms with Gasteiger partial charge in [-0.05, 0) is 42.7 Å². The number of aromatic nitrogens is 3. The summed E-state index contributed by atoms with van der Waals surface area (Å²) >= 11 is 0. The molecule has 1 saturated heterocycles. The highest BCUT2D eigenvalue weighted by Gasteiger charge is 2.24. The molecule has 0 spiro atoms. The third-order valence-corrected chi connectivity index (χ3v) is 4.53. The number of rotatable bonds is 3. The summed E-state index contributed by atoms with van der Waals surface area (Å²) in [5, 5.41) is 9.31. The maximum Gasteiger partial charge on any atom is 0.128 e. The monoisotopic (exact) mass is 308 g/mol. The second-order valence-corrected chi connectivity index (χ2v) is 6.10. The predicted octanol–water partition coefficient (Wildman–Crippen LogP) is 2.83. The minimum absolute atomic E-state index is 0.0519. The van der Waals surface area contributed by atoms with Crippen molar-refractivity contribution in [3.63, 3.8) is 0 Å². The second-order valence-electron chi connectivity index (χ2n) is 6.10. The van der Waals surface area contributed by atoms with Crippen LogP contribution < -0.4 is 4.90 Å². The average Bonchev–Trinajstić information content (AvgIpc) is 3.06. The van der Waals surface area contributed by atoms with Gasteiger partial charge in [0, 0.05) is 25.2 Å². The second kappa shape index (κ2) is 6.01. The normalized spacial score (nSPS) is 18.5. The number of benzene rings is 1. The van der Waals surface area contributed by atoms with E-state index >= 15 is 0 Å². The number of aromatic amines is 1. The highest BCUT2D eigenvalue weighted by Crippen LogP contribution is 2.29. The first-order valence-corrected chi connectivity index (χ1v) is 8.09. The first-order valence-electron chi connectivity index (χ1n) is 8.09. The molecular weight excluding hydrogens is 288 g/mol. The van der Waals surface area contributed by atoms with E-state index in [4.69, 9.17) is 4.98 Å². The lowest BCUT2D eigenvalue weighted by atomic mass is 9.97. The Bertz CT molecular complexity index is 780. The fraction of sp³-hybridized carbons (Fsp3) is 0.333. The van der Waals surface area contributed by atoms with Gasteiger partial charge in [-0.3, -0.25) is 0 Å². The number of imidazole rings is 1. The molecule has 0 bridgehead atoms. The first kappa shape index (κ1) is 14.2. The molecule has 1 aliphatic rings. The molecule has 118 valence electrons. The van der Waals surface area contributed by atoms with Crippen LogP contribution in [0.15, 0.2) is 42.6 Å². The van der Waals surface area contributed by atoms with E-state index in [0.29, 0.717) is 5.92 Å². The van der Waals surface area contributed by atoms with Gasteiger partial charge in [0.1, 0.15) is 11.6 Å². The highest BCUT2D eigenvalue weighted by molar-refractivity contribution is 5.74. The van der Waals surface area contributed by atoms with E-state index < -0.39 is 0 Å². The minimum atomic E-state index is 0.0519. The fourth-order valence-electron chi connectivity index (χ4n) is 3.31. The number of para-hydroxylation sites is 2. The Morgan fingerprint density at radius 2 is 2.17 bits per heavy atom. The quantitative estimate of drug-likeness (QED) is 0.781. The van der Waals surface area contributed by atoms with Crippen LogP contribution >= 0.6 is 0 Å². The predicted molar refractivity (Wildman–Crippen MR) is 90.4 cm³/mol. The zero-order valence-corrected chi connectivity index (χ0v) is 12.9. The van der Waals surface area contributed by atoms with Crippen LogP contribution in [0.1, 0.15) is 30.1 Å². The van der Waals surface area contributed by atoms with Gasteiger partial charge in [-0.15, -0.1) is 0 Å². The van der Waals surface area contributed by atoms with Crippen LogP contribution in [0.3, 0.4) is 0 Å². The molecule has 4 rings (SSSR count). The van der Waals surface area contributed by atoms with Crippen molar-refractivity contribution in [3.8, 4) is 0 Å². The van der Waals surface area contributed by atoms with E-state index in [9.17, 15) is 5.11 Å². The average molecular weight is 308 g/mol. The molecule has 0 saturated carbocycles. The van der Waals surface area contributed by atoms with Crippen LogP contribution in [0.2, 0.25) is 0 Å². The van der Waals surface area contributed by atoms with Crippen molar-refractivity contribution < 1.29 is 5.11 Å². The third kappa shape index (κ3) is 2.80. The molecule has 1 fully saturated rings. The van der Waals surface area contributed by atoms with Gasteiger partial charge in [0.25, 0.3) is 0 Å². The van der Waals surface area contributed by atoms with Gasteiger partial charge in [-0.1, -0.05) is 12.1 Å². The number of anilines is 1. The first-order chi connectivity index (χ1) is 11.3.